The zero-order valence-electron chi connectivity index (χ0n) is 7.58. The van der Waals surface area contributed by atoms with E-state index in [1.807, 2.05) is 0 Å². The molecule has 0 aromatic carbocycles. The molecule has 0 saturated carbocycles. The summed E-state index contributed by atoms with van der Waals surface area (Å²) >= 11 is 11.8. The molecule has 2 heterocycles. The Kier molecular flexibility index (Phi) is 3.11. The molecule has 1 aromatic heterocycles. The number of nitrogens with zero attached hydrogens (tertiary/aromatic N) is 3. The predicted molar refractivity (Wildman–Crippen MR) is 58.3 cm³/mol. The van der Waals surface area contributed by atoms with Gasteiger partial charge >= 0.3 is 0 Å². The van der Waals surface area contributed by atoms with Crippen LogP contribution in [0.5, 0.6) is 0 Å². The van der Waals surface area contributed by atoms with E-state index in [-0.39, 0.29) is 0 Å². The van der Waals surface area contributed by atoms with E-state index in [0.717, 1.165) is 32.0 Å². The summed E-state index contributed by atoms with van der Waals surface area (Å²) in [5, 5.41) is 5.44. The van der Waals surface area contributed by atoms with Crippen LogP contribution in [0.25, 0.3) is 0 Å². The van der Waals surface area contributed by atoms with Crippen molar-refractivity contribution in [3.05, 3.63) is 22.3 Å². The van der Waals surface area contributed by atoms with Gasteiger partial charge in [0.1, 0.15) is 5.82 Å². The summed E-state index contributed by atoms with van der Waals surface area (Å²) in [5.41, 5.74) is 0. The Morgan fingerprint density at radius 2 is 1.93 bits per heavy atom. The van der Waals surface area contributed by atoms with E-state index in [4.69, 9.17) is 23.2 Å². The molecule has 0 N–H and O–H groups in total. The second kappa shape index (κ2) is 4.34. The van der Waals surface area contributed by atoms with Crippen molar-refractivity contribution in [2.75, 3.05) is 31.1 Å². The molecule has 0 aliphatic carbocycles. The van der Waals surface area contributed by atoms with Crippen molar-refractivity contribution >= 4 is 29.0 Å². The molecule has 1 radical (unpaired) electrons. The molecule has 5 heteroatoms. The van der Waals surface area contributed by atoms with E-state index in [0.29, 0.717) is 10.0 Å². The Hall–Kier alpha value is -0.510. The van der Waals surface area contributed by atoms with E-state index < -0.39 is 0 Å². The molecule has 1 aromatic rings. The fourth-order valence-electron chi connectivity index (χ4n) is 1.46. The van der Waals surface area contributed by atoms with Crippen molar-refractivity contribution in [3.63, 3.8) is 0 Å². The molecule has 1 fully saturated rings. The Balaban J connectivity index is 2.22. The first-order valence-corrected chi connectivity index (χ1v) is 5.22. The first kappa shape index (κ1) is 10.0. The van der Waals surface area contributed by atoms with E-state index in [2.05, 4.69) is 15.2 Å². The first-order chi connectivity index (χ1) is 6.77. The smallest absolute Gasteiger partial charge is 0.147 e. The van der Waals surface area contributed by atoms with Crippen LogP contribution < -0.4 is 10.2 Å². The Bertz CT molecular complexity index is 324. The maximum absolute atomic E-state index is 6.04. The van der Waals surface area contributed by atoms with E-state index in [1.165, 1.54) is 0 Å². The average molecular weight is 231 g/mol. The number of rotatable bonds is 1. The van der Waals surface area contributed by atoms with Gasteiger partial charge in [0.15, 0.2) is 0 Å². The highest BCUT2D eigenvalue weighted by Crippen LogP contribution is 2.25. The third-order valence-electron chi connectivity index (χ3n) is 2.14. The van der Waals surface area contributed by atoms with Gasteiger partial charge in [-0.15, -0.1) is 0 Å². The largest absolute Gasteiger partial charge is 0.353 e. The zero-order valence-corrected chi connectivity index (χ0v) is 9.09. The van der Waals surface area contributed by atoms with Crippen molar-refractivity contribution in [2.24, 2.45) is 0 Å². The average Bonchev–Trinajstić information content (AvgIpc) is 2.19. The fourth-order valence-corrected chi connectivity index (χ4v) is 1.96. The molecular formula is C9H10Cl2N3. The Labute approximate surface area is 93.0 Å². The second-order valence-corrected chi connectivity index (χ2v) is 3.96. The molecular weight excluding hydrogens is 221 g/mol. The summed E-state index contributed by atoms with van der Waals surface area (Å²) in [4.78, 5) is 6.35. The summed E-state index contributed by atoms with van der Waals surface area (Å²) in [6.07, 6.45) is 1.62. The van der Waals surface area contributed by atoms with Gasteiger partial charge in [0, 0.05) is 32.4 Å². The van der Waals surface area contributed by atoms with Crippen LogP contribution in [0.15, 0.2) is 12.3 Å². The lowest BCUT2D eigenvalue weighted by Crippen LogP contribution is -2.40. The van der Waals surface area contributed by atoms with Crippen molar-refractivity contribution in [1.82, 2.24) is 10.3 Å². The first-order valence-electron chi connectivity index (χ1n) is 4.46. The fraction of sp³-hybridized carbons (Fsp3) is 0.444. The molecule has 0 atom stereocenters. The van der Waals surface area contributed by atoms with E-state index in [1.54, 1.807) is 12.3 Å². The third-order valence-corrected chi connectivity index (χ3v) is 2.63. The zero-order chi connectivity index (χ0) is 9.97. The Morgan fingerprint density at radius 3 is 2.57 bits per heavy atom. The number of pyridine rings is 1. The van der Waals surface area contributed by atoms with Crippen molar-refractivity contribution in [2.45, 2.75) is 0 Å². The van der Waals surface area contributed by atoms with Crippen LogP contribution in [0.2, 0.25) is 10.0 Å². The molecule has 3 nitrogen and oxygen atoms in total. The molecule has 0 amide bonds. The lowest BCUT2D eigenvalue weighted by atomic mass is 10.3. The van der Waals surface area contributed by atoms with Crippen molar-refractivity contribution in [3.8, 4) is 0 Å². The minimum absolute atomic E-state index is 0.570. The molecule has 1 saturated heterocycles. The van der Waals surface area contributed by atoms with Crippen LogP contribution in [0.4, 0.5) is 5.82 Å². The van der Waals surface area contributed by atoms with E-state index in [9.17, 15) is 0 Å². The number of anilines is 1. The van der Waals surface area contributed by atoms with Gasteiger partial charge in [0.05, 0.1) is 10.0 Å². The summed E-state index contributed by atoms with van der Waals surface area (Å²) < 4.78 is 0. The number of piperazine rings is 1. The van der Waals surface area contributed by atoms with Crippen molar-refractivity contribution < 1.29 is 0 Å². The van der Waals surface area contributed by atoms with Crippen LogP contribution in [0.1, 0.15) is 0 Å². The van der Waals surface area contributed by atoms with Gasteiger partial charge in [0.2, 0.25) is 0 Å². The molecule has 0 unspecified atom stereocenters. The standard InChI is InChI=1S/C9H10Cl2N3/c10-7-5-8(11)9(13-6-7)14-3-1-12-2-4-14/h5-6H,1-4H2. The summed E-state index contributed by atoms with van der Waals surface area (Å²) in [7, 11) is 0. The number of hydrogen-bond donors (Lipinski definition) is 0. The maximum Gasteiger partial charge on any atom is 0.147 e. The van der Waals surface area contributed by atoms with Crippen LogP contribution in [0.3, 0.4) is 0 Å². The Morgan fingerprint density at radius 1 is 1.21 bits per heavy atom. The topological polar surface area (TPSA) is 30.2 Å². The van der Waals surface area contributed by atoms with Crippen LogP contribution in [0, 0.1) is 0 Å². The quantitative estimate of drug-likeness (QED) is 0.737. The van der Waals surface area contributed by atoms with Gasteiger partial charge in [-0.2, -0.15) is 0 Å². The molecule has 75 valence electrons. The molecule has 1 aliphatic heterocycles. The van der Waals surface area contributed by atoms with Gasteiger partial charge in [0.25, 0.3) is 0 Å². The van der Waals surface area contributed by atoms with Gasteiger partial charge < -0.3 is 4.90 Å². The minimum Gasteiger partial charge on any atom is -0.353 e. The third kappa shape index (κ3) is 2.11. The van der Waals surface area contributed by atoms with Gasteiger partial charge in [-0.25, -0.2) is 10.3 Å². The lowest BCUT2D eigenvalue weighted by molar-refractivity contribution is 0.575. The van der Waals surface area contributed by atoms with Gasteiger partial charge in [-0.3, -0.25) is 0 Å². The lowest BCUT2D eigenvalue weighted by Gasteiger charge is -2.28. The van der Waals surface area contributed by atoms with Crippen LogP contribution >= 0.6 is 23.2 Å². The summed E-state index contributed by atoms with van der Waals surface area (Å²) in [5.74, 6) is 0.811. The molecule has 0 bridgehead atoms. The van der Waals surface area contributed by atoms with Gasteiger partial charge in [-0.05, 0) is 6.07 Å². The molecule has 0 spiro atoms. The number of aromatic nitrogens is 1. The van der Waals surface area contributed by atoms with Crippen LogP contribution in [-0.4, -0.2) is 31.2 Å². The second-order valence-electron chi connectivity index (χ2n) is 3.12. The summed E-state index contributed by atoms with van der Waals surface area (Å²) in [6.45, 7) is 3.46. The molecule has 1 aliphatic rings. The SMILES string of the molecule is Clc1cnc(N2CC[N]CC2)c(Cl)c1. The monoisotopic (exact) mass is 230 g/mol. The highest BCUT2D eigenvalue weighted by Gasteiger charge is 2.15. The van der Waals surface area contributed by atoms with Crippen molar-refractivity contribution in [1.29, 1.82) is 0 Å². The van der Waals surface area contributed by atoms with E-state index >= 15 is 0 Å². The predicted octanol–water partition coefficient (Wildman–Crippen LogP) is 1.81. The highest BCUT2D eigenvalue weighted by molar-refractivity contribution is 6.36. The maximum atomic E-state index is 6.04. The van der Waals surface area contributed by atoms with Crippen LogP contribution in [-0.2, 0) is 0 Å². The highest BCUT2D eigenvalue weighted by atomic mass is 35.5. The normalized spacial score (nSPS) is 17.1. The summed E-state index contributed by atoms with van der Waals surface area (Å²) in [6, 6.07) is 1.72. The molecule has 2 rings (SSSR count). The van der Waals surface area contributed by atoms with Gasteiger partial charge in [-0.1, -0.05) is 23.2 Å². The number of halogens is 2. The number of hydrogen-bond acceptors (Lipinski definition) is 2. The minimum atomic E-state index is 0.570. The molecule has 14 heavy (non-hydrogen) atoms.